The van der Waals surface area contributed by atoms with Gasteiger partial charge in [0, 0.05) is 20.7 Å². The fraction of sp³-hybridized carbons (Fsp3) is 0.929. The number of hydrogen-bond donors (Lipinski definition) is 1. The van der Waals surface area contributed by atoms with E-state index in [9.17, 15) is 4.79 Å². The monoisotopic (exact) mass is 256 g/mol. The molecule has 1 aliphatic heterocycles. The van der Waals surface area contributed by atoms with Crippen LogP contribution in [0.25, 0.3) is 0 Å². The maximum Gasteiger partial charge on any atom is 0.230 e. The predicted octanol–water partition coefficient (Wildman–Crippen LogP) is 1.65. The number of rotatable bonds is 6. The molecular formula is C14H28N2O2. The third-order valence-electron chi connectivity index (χ3n) is 4.04. The molecule has 106 valence electrons. The molecular weight excluding hydrogens is 228 g/mol. The third kappa shape index (κ3) is 3.45. The molecule has 1 aliphatic rings. The van der Waals surface area contributed by atoms with Gasteiger partial charge < -0.3 is 15.0 Å². The van der Waals surface area contributed by atoms with Crippen LogP contribution >= 0.6 is 0 Å². The molecule has 1 saturated heterocycles. The second-order valence-electron chi connectivity index (χ2n) is 5.53. The van der Waals surface area contributed by atoms with Gasteiger partial charge in [0.1, 0.15) is 0 Å². The Bertz CT molecular complexity index is 257. The highest BCUT2D eigenvalue weighted by Crippen LogP contribution is 2.34. The Kier molecular flexibility index (Phi) is 6.09. The van der Waals surface area contributed by atoms with Gasteiger partial charge in [0.15, 0.2) is 0 Å². The SMILES string of the molecule is CCCC1(C(=O)N(C)C(C)COC)CCCNC1. The molecule has 1 rings (SSSR count). The maximum absolute atomic E-state index is 12.8. The molecule has 0 radical (unpaired) electrons. The first-order valence-electron chi connectivity index (χ1n) is 7.04. The van der Waals surface area contributed by atoms with Crippen molar-refractivity contribution in [3.05, 3.63) is 0 Å². The summed E-state index contributed by atoms with van der Waals surface area (Å²) >= 11 is 0. The van der Waals surface area contributed by atoms with E-state index >= 15 is 0 Å². The average molecular weight is 256 g/mol. The summed E-state index contributed by atoms with van der Waals surface area (Å²) in [6.07, 6.45) is 4.14. The molecule has 1 N–H and O–H groups in total. The fourth-order valence-corrected chi connectivity index (χ4v) is 2.88. The van der Waals surface area contributed by atoms with Crippen molar-refractivity contribution < 1.29 is 9.53 Å². The van der Waals surface area contributed by atoms with Crippen LogP contribution in [0.4, 0.5) is 0 Å². The number of nitrogens with one attached hydrogen (secondary N) is 1. The summed E-state index contributed by atoms with van der Waals surface area (Å²) < 4.78 is 5.15. The Morgan fingerprint density at radius 3 is 2.78 bits per heavy atom. The van der Waals surface area contributed by atoms with Crippen molar-refractivity contribution in [3.8, 4) is 0 Å². The topological polar surface area (TPSA) is 41.6 Å². The lowest BCUT2D eigenvalue weighted by molar-refractivity contribution is -0.145. The van der Waals surface area contributed by atoms with Crippen LogP contribution in [0.2, 0.25) is 0 Å². The Morgan fingerprint density at radius 1 is 1.56 bits per heavy atom. The lowest BCUT2D eigenvalue weighted by Gasteiger charge is -2.40. The van der Waals surface area contributed by atoms with Crippen LogP contribution in [0, 0.1) is 5.41 Å². The Labute approximate surface area is 111 Å². The van der Waals surface area contributed by atoms with Gasteiger partial charge in [-0.3, -0.25) is 4.79 Å². The second kappa shape index (κ2) is 7.10. The van der Waals surface area contributed by atoms with Gasteiger partial charge in [0.25, 0.3) is 0 Å². The van der Waals surface area contributed by atoms with Crippen molar-refractivity contribution in [2.24, 2.45) is 5.41 Å². The third-order valence-corrected chi connectivity index (χ3v) is 4.04. The minimum Gasteiger partial charge on any atom is -0.383 e. The van der Waals surface area contributed by atoms with Gasteiger partial charge in [-0.15, -0.1) is 0 Å². The van der Waals surface area contributed by atoms with Gasteiger partial charge in [-0.05, 0) is 32.7 Å². The summed E-state index contributed by atoms with van der Waals surface area (Å²) in [4.78, 5) is 14.6. The minimum atomic E-state index is -0.191. The molecule has 0 aromatic rings. The second-order valence-corrected chi connectivity index (χ2v) is 5.53. The summed E-state index contributed by atoms with van der Waals surface area (Å²) in [6, 6.07) is 0.137. The standard InChI is InChI=1S/C14H28N2O2/c1-5-7-14(8-6-9-15-11-14)13(17)16(3)12(2)10-18-4/h12,15H,5-11H2,1-4H3. The van der Waals surface area contributed by atoms with Crippen LogP contribution in [-0.2, 0) is 9.53 Å². The Hall–Kier alpha value is -0.610. The van der Waals surface area contributed by atoms with Crippen molar-refractivity contribution in [1.29, 1.82) is 0 Å². The molecule has 1 heterocycles. The molecule has 0 aliphatic carbocycles. The molecule has 0 aromatic heterocycles. The van der Waals surface area contributed by atoms with Gasteiger partial charge in [-0.25, -0.2) is 0 Å². The lowest BCUT2D eigenvalue weighted by atomic mass is 9.75. The van der Waals surface area contributed by atoms with Crippen LogP contribution in [0.1, 0.15) is 39.5 Å². The summed E-state index contributed by atoms with van der Waals surface area (Å²) in [5.41, 5.74) is -0.191. The van der Waals surface area contributed by atoms with Crippen LogP contribution in [0.5, 0.6) is 0 Å². The van der Waals surface area contributed by atoms with E-state index in [1.54, 1.807) is 7.11 Å². The average Bonchev–Trinajstić information content (AvgIpc) is 2.38. The first-order chi connectivity index (χ1) is 8.57. The number of methoxy groups -OCH3 is 1. The number of nitrogens with zero attached hydrogens (tertiary/aromatic N) is 1. The Balaban J connectivity index is 2.75. The Morgan fingerprint density at radius 2 is 2.28 bits per heavy atom. The molecule has 0 bridgehead atoms. The molecule has 4 heteroatoms. The number of hydrogen-bond acceptors (Lipinski definition) is 3. The molecule has 18 heavy (non-hydrogen) atoms. The van der Waals surface area contributed by atoms with Crippen LogP contribution < -0.4 is 5.32 Å². The summed E-state index contributed by atoms with van der Waals surface area (Å²) in [6.45, 7) is 6.65. The first-order valence-corrected chi connectivity index (χ1v) is 7.04. The van der Waals surface area contributed by atoms with E-state index in [0.717, 1.165) is 38.8 Å². The zero-order valence-electron chi connectivity index (χ0n) is 12.3. The van der Waals surface area contributed by atoms with Gasteiger partial charge in [-0.1, -0.05) is 13.3 Å². The minimum absolute atomic E-state index is 0.137. The lowest BCUT2D eigenvalue weighted by Crippen LogP contribution is -2.53. The highest BCUT2D eigenvalue weighted by molar-refractivity contribution is 5.83. The molecule has 1 fully saturated rings. The van der Waals surface area contributed by atoms with E-state index < -0.39 is 0 Å². The molecule has 4 nitrogen and oxygen atoms in total. The highest BCUT2D eigenvalue weighted by atomic mass is 16.5. The summed E-state index contributed by atoms with van der Waals surface area (Å²) in [5, 5.41) is 3.39. The van der Waals surface area contributed by atoms with E-state index in [1.807, 2.05) is 18.9 Å². The van der Waals surface area contributed by atoms with E-state index in [0.29, 0.717) is 6.61 Å². The van der Waals surface area contributed by atoms with Gasteiger partial charge in [0.2, 0.25) is 5.91 Å². The van der Waals surface area contributed by atoms with Crippen LogP contribution in [0.15, 0.2) is 0 Å². The molecule has 0 aromatic carbocycles. The molecule has 2 atom stereocenters. The maximum atomic E-state index is 12.8. The number of carbonyl (C=O) groups excluding carboxylic acids is 1. The van der Waals surface area contributed by atoms with Crippen molar-refractivity contribution in [2.45, 2.75) is 45.6 Å². The number of amides is 1. The van der Waals surface area contributed by atoms with Gasteiger partial charge in [0.05, 0.1) is 18.1 Å². The van der Waals surface area contributed by atoms with Crippen molar-refractivity contribution in [2.75, 3.05) is 33.9 Å². The largest absolute Gasteiger partial charge is 0.383 e. The zero-order chi connectivity index (χ0) is 13.6. The van der Waals surface area contributed by atoms with E-state index in [2.05, 4.69) is 12.2 Å². The van der Waals surface area contributed by atoms with Gasteiger partial charge >= 0.3 is 0 Å². The predicted molar refractivity (Wildman–Crippen MR) is 73.6 cm³/mol. The van der Waals surface area contributed by atoms with Gasteiger partial charge in [-0.2, -0.15) is 0 Å². The molecule has 1 amide bonds. The van der Waals surface area contributed by atoms with Crippen LogP contribution in [0.3, 0.4) is 0 Å². The first kappa shape index (κ1) is 15.4. The highest BCUT2D eigenvalue weighted by Gasteiger charge is 2.41. The molecule has 0 saturated carbocycles. The summed E-state index contributed by atoms with van der Waals surface area (Å²) in [7, 11) is 3.58. The van der Waals surface area contributed by atoms with Crippen molar-refractivity contribution in [3.63, 3.8) is 0 Å². The van der Waals surface area contributed by atoms with E-state index in [4.69, 9.17) is 4.74 Å². The van der Waals surface area contributed by atoms with Crippen LogP contribution in [-0.4, -0.2) is 50.7 Å². The van der Waals surface area contributed by atoms with Crippen molar-refractivity contribution in [1.82, 2.24) is 10.2 Å². The smallest absolute Gasteiger partial charge is 0.230 e. The van der Waals surface area contributed by atoms with E-state index in [-0.39, 0.29) is 17.4 Å². The van der Waals surface area contributed by atoms with Crippen molar-refractivity contribution >= 4 is 5.91 Å². The summed E-state index contributed by atoms with van der Waals surface area (Å²) in [5.74, 6) is 0.279. The normalized spacial score (nSPS) is 25.8. The van der Waals surface area contributed by atoms with E-state index in [1.165, 1.54) is 0 Å². The molecule has 0 spiro atoms. The number of carbonyl (C=O) groups is 1. The number of ether oxygens (including phenoxy) is 1. The number of likely N-dealkylation sites (N-methyl/N-ethyl adjacent to an activating group) is 1. The fourth-order valence-electron chi connectivity index (χ4n) is 2.88. The molecule has 2 unspecified atom stereocenters. The number of piperidine rings is 1. The quantitative estimate of drug-likeness (QED) is 0.785. The zero-order valence-corrected chi connectivity index (χ0v) is 12.3.